The fraction of sp³-hybridized carbons (Fsp3) is 0.0556. The number of methoxy groups -OCH3 is 1. The van der Waals surface area contributed by atoms with E-state index in [1.807, 2.05) is 0 Å². The van der Waals surface area contributed by atoms with Crippen molar-refractivity contribution in [3.8, 4) is 11.5 Å². The van der Waals surface area contributed by atoms with Crippen molar-refractivity contribution in [3.63, 3.8) is 0 Å². The van der Waals surface area contributed by atoms with Gasteiger partial charge < -0.3 is 18.7 Å². The molecule has 0 fully saturated rings. The van der Waals surface area contributed by atoms with E-state index in [1.54, 1.807) is 6.07 Å². The number of hydrogen-bond acceptors (Lipinski definition) is 6. The van der Waals surface area contributed by atoms with Gasteiger partial charge in [0.2, 0.25) is 0 Å². The van der Waals surface area contributed by atoms with E-state index in [1.165, 1.54) is 61.9 Å². The highest BCUT2D eigenvalue weighted by Gasteiger charge is 2.18. The summed E-state index contributed by atoms with van der Waals surface area (Å²) in [6, 6.07) is 13.4. The molecule has 3 rings (SSSR count). The van der Waals surface area contributed by atoms with Gasteiger partial charge in [0.15, 0.2) is 5.76 Å². The maximum Gasteiger partial charge on any atom is 0.339 e. The molecule has 0 atom stereocenters. The van der Waals surface area contributed by atoms with Gasteiger partial charge >= 0.3 is 10.1 Å². The zero-order valence-electron chi connectivity index (χ0n) is 14.0. The van der Waals surface area contributed by atoms with Crippen molar-refractivity contribution >= 4 is 37.6 Å². The Kier molecular flexibility index (Phi) is 5.52. The Balaban J connectivity index is 1.72. The van der Waals surface area contributed by atoms with Gasteiger partial charge in [-0.05, 0) is 70.5 Å². The van der Waals surface area contributed by atoms with Crippen LogP contribution < -0.4 is 14.2 Å². The summed E-state index contributed by atoms with van der Waals surface area (Å²) in [7, 11) is -2.54. The second kappa shape index (κ2) is 7.85. The minimum absolute atomic E-state index is 0.0228. The number of carbonyl (C=O) groups is 1. The van der Waals surface area contributed by atoms with E-state index in [-0.39, 0.29) is 16.4 Å². The first-order valence-corrected chi connectivity index (χ1v) is 9.82. The molecule has 0 spiro atoms. The molecule has 3 aromatic rings. The summed E-state index contributed by atoms with van der Waals surface area (Å²) in [5, 5.41) is 2.63. The van der Waals surface area contributed by atoms with E-state index in [0.717, 1.165) is 0 Å². The molecular weight excluding hydrogens is 438 g/mol. The molecule has 0 radical (unpaired) electrons. The van der Waals surface area contributed by atoms with E-state index < -0.39 is 16.0 Å². The largest absolute Gasteiger partial charge is 0.496 e. The van der Waals surface area contributed by atoms with Crippen molar-refractivity contribution in [2.45, 2.75) is 4.90 Å². The zero-order chi connectivity index (χ0) is 19.4. The van der Waals surface area contributed by atoms with Crippen molar-refractivity contribution in [1.82, 2.24) is 0 Å². The van der Waals surface area contributed by atoms with Crippen LogP contribution in [0.25, 0.3) is 0 Å². The van der Waals surface area contributed by atoms with Crippen molar-refractivity contribution in [3.05, 3.63) is 71.1 Å². The molecule has 0 saturated heterocycles. The summed E-state index contributed by atoms with van der Waals surface area (Å²) in [6.45, 7) is 0. The van der Waals surface area contributed by atoms with Gasteiger partial charge in [-0.3, -0.25) is 4.79 Å². The van der Waals surface area contributed by atoms with Crippen LogP contribution in [-0.4, -0.2) is 21.4 Å². The number of rotatable bonds is 6. The first kappa shape index (κ1) is 19.0. The van der Waals surface area contributed by atoms with E-state index in [4.69, 9.17) is 13.3 Å². The number of anilines is 1. The molecule has 27 heavy (non-hydrogen) atoms. The lowest BCUT2D eigenvalue weighted by Crippen LogP contribution is -2.11. The molecule has 0 unspecified atom stereocenters. The molecule has 1 heterocycles. The summed E-state index contributed by atoms with van der Waals surface area (Å²) in [4.78, 5) is 11.9. The second-order valence-corrected chi connectivity index (χ2v) is 7.69. The SMILES string of the molecule is COc1ccc(S(=O)(=O)Oc2ccc(NC(=O)c3ccco3)cc2)cc1Br. The van der Waals surface area contributed by atoms with Gasteiger partial charge in [0.1, 0.15) is 16.4 Å². The number of halogens is 1. The Morgan fingerprint density at radius 1 is 1.11 bits per heavy atom. The number of carbonyl (C=O) groups excluding carboxylic acids is 1. The van der Waals surface area contributed by atoms with Crippen LogP contribution in [0.1, 0.15) is 10.6 Å². The molecule has 140 valence electrons. The van der Waals surface area contributed by atoms with Crippen LogP contribution in [0.5, 0.6) is 11.5 Å². The summed E-state index contributed by atoms with van der Waals surface area (Å²) in [6.07, 6.45) is 1.40. The molecule has 0 bridgehead atoms. The molecule has 7 nitrogen and oxygen atoms in total. The lowest BCUT2D eigenvalue weighted by atomic mass is 10.3. The molecule has 0 saturated carbocycles. The molecule has 1 aromatic heterocycles. The summed E-state index contributed by atoms with van der Waals surface area (Å²) in [5.41, 5.74) is 0.466. The molecular formula is C18H14BrNO6S. The van der Waals surface area contributed by atoms with Gasteiger partial charge in [-0.25, -0.2) is 0 Å². The minimum atomic E-state index is -4.02. The fourth-order valence-corrected chi connectivity index (χ4v) is 3.82. The van der Waals surface area contributed by atoms with Crippen LogP contribution in [0.4, 0.5) is 5.69 Å². The lowest BCUT2D eigenvalue weighted by molar-refractivity contribution is 0.0996. The van der Waals surface area contributed by atoms with E-state index in [0.29, 0.717) is 15.9 Å². The molecule has 0 aliphatic rings. The van der Waals surface area contributed by atoms with Crippen LogP contribution in [-0.2, 0) is 10.1 Å². The van der Waals surface area contributed by atoms with Crippen LogP contribution in [0.3, 0.4) is 0 Å². The number of benzene rings is 2. The van der Waals surface area contributed by atoms with E-state index in [9.17, 15) is 13.2 Å². The van der Waals surface area contributed by atoms with Crippen molar-refractivity contribution < 1.29 is 26.5 Å². The van der Waals surface area contributed by atoms with E-state index in [2.05, 4.69) is 21.2 Å². The zero-order valence-corrected chi connectivity index (χ0v) is 16.4. The molecule has 2 aromatic carbocycles. The van der Waals surface area contributed by atoms with Gasteiger partial charge in [0.25, 0.3) is 5.91 Å². The van der Waals surface area contributed by atoms with Gasteiger partial charge in [-0.2, -0.15) is 8.42 Å². The highest BCUT2D eigenvalue weighted by Crippen LogP contribution is 2.29. The number of amides is 1. The Morgan fingerprint density at radius 2 is 1.85 bits per heavy atom. The minimum Gasteiger partial charge on any atom is -0.496 e. The first-order valence-electron chi connectivity index (χ1n) is 7.62. The maximum absolute atomic E-state index is 12.4. The Labute approximate surface area is 164 Å². The lowest BCUT2D eigenvalue weighted by Gasteiger charge is -2.10. The normalized spacial score (nSPS) is 11.0. The first-order chi connectivity index (χ1) is 12.9. The molecule has 0 aliphatic carbocycles. The average molecular weight is 452 g/mol. The molecule has 0 aliphatic heterocycles. The Morgan fingerprint density at radius 3 is 2.44 bits per heavy atom. The molecule has 9 heteroatoms. The van der Waals surface area contributed by atoms with Crippen molar-refractivity contribution in [2.75, 3.05) is 12.4 Å². The Hall–Kier alpha value is -2.78. The third-order valence-electron chi connectivity index (χ3n) is 3.48. The number of hydrogen-bond donors (Lipinski definition) is 1. The van der Waals surface area contributed by atoms with Crippen LogP contribution in [0.2, 0.25) is 0 Å². The Bertz CT molecular complexity index is 1050. The van der Waals surface area contributed by atoms with Gasteiger partial charge in [-0.15, -0.1) is 0 Å². The van der Waals surface area contributed by atoms with Crippen LogP contribution >= 0.6 is 15.9 Å². The highest BCUT2D eigenvalue weighted by atomic mass is 79.9. The van der Waals surface area contributed by atoms with Gasteiger partial charge in [0.05, 0.1) is 17.8 Å². The summed E-state index contributed by atoms with van der Waals surface area (Å²) in [5.74, 6) is 0.371. The summed E-state index contributed by atoms with van der Waals surface area (Å²) < 4.78 is 40.5. The monoisotopic (exact) mass is 451 g/mol. The number of furan rings is 1. The molecule has 1 N–H and O–H groups in total. The standard InChI is InChI=1S/C18H14BrNO6S/c1-24-16-9-8-14(11-15(16)19)27(22,23)26-13-6-4-12(5-7-13)20-18(21)17-3-2-10-25-17/h2-11H,1H3,(H,20,21). The fourth-order valence-electron chi connectivity index (χ4n) is 2.17. The molecule has 1 amide bonds. The number of nitrogens with one attached hydrogen (secondary N) is 1. The smallest absolute Gasteiger partial charge is 0.339 e. The second-order valence-electron chi connectivity index (χ2n) is 5.29. The maximum atomic E-state index is 12.4. The third kappa shape index (κ3) is 4.50. The predicted molar refractivity (Wildman–Crippen MR) is 102 cm³/mol. The van der Waals surface area contributed by atoms with E-state index >= 15 is 0 Å². The average Bonchev–Trinajstić information content (AvgIpc) is 3.18. The predicted octanol–water partition coefficient (Wildman–Crippen LogP) is 4.07. The van der Waals surface area contributed by atoms with Gasteiger partial charge in [-0.1, -0.05) is 0 Å². The quantitative estimate of drug-likeness (QED) is 0.567. The van der Waals surface area contributed by atoms with Crippen LogP contribution in [0, 0.1) is 0 Å². The summed E-state index contributed by atoms with van der Waals surface area (Å²) >= 11 is 3.24. The van der Waals surface area contributed by atoms with Gasteiger partial charge in [0, 0.05) is 5.69 Å². The number of ether oxygens (including phenoxy) is 1. The van der Waals surface area contributed by atoms with Crippen LogP contribution in [0.15, 0.2) is 74.6 Å². The highest BCUT2D eigenvalue weighted by molar-refractivity contribution is 9.10. The van der Waals surface area contributed by atoms with Crippen molar-refractivity contribution in [1.29, 1.82) is 0 Å². The third-order valence-corrected chi connectivity index (χ3v) is 5.34. The van der Waals surface area contributed by atoms with Crippen molar-refractivity contribution in [2.24, 2.45) is 0 Å². The topological polar surface area (TPSA) is 94.8 Å².